The molecular formula is C20H27N3O. The molecule has 2 heterocycles. The second-order valence-corrected chi connectivity index (χ2v) is 6.42. The highest BCUT2D eigenvalue weighted by atomic mass is 16.3. The number of aromatic nitrogens is 1. The maximum Gasteiger partial charge on any atom is 0.128 e. The van der Waals surface area contributed by atoms with Gasteiger partial charge in [0.1, 0.15) is 5.82 Å². The fourth-order valence-corrected chi connectivity index (χ4v) is 3.19. The lowest BCUT2D eigenvalue weighted by Crippen LogP contribution is -2.47. The molecule has 1 aliphatic heterocycles. The van der Waals surface area contributed by atoms with E-state index in [1.165, 1.54) is 5.56 Å². The number of piperazine rings is 1. The van der Waals surface area contributed by atoms with Crippen molar-refractivity contribution in [2.24, 2.45) is 0 Å². The first-order valence-corrected chi connectivity index (χ1v) is 8.91. The molecule has 2 aromatic rings. The van der Waals surface area contributed by atoms with E-state index in [9.17, 15) is 5.11 Å². The maximum absolute atomic E-state index is 10.4. The third-order valence-corrected chi connectivity index (χ3v) is 4.84. The lowest BCUT2D eigenvalue weighted by Gasteiger charge is -2.35. The summed E-state index contributed by atoms with van der Waals surface area (Å²) >= 11 is 0. The summed E-state index contributed by atoms with van der Waals surface area (Å²) in [7, 11) is 0. The van der Waals surface area contributed by atoms with Crippen molar-refractivity contribution in [1.29, 1.82) is 0 Å². The van der Waals surface area contributed by atoms with Gasteiger partial charge >= 0.3 is 0 Å². The molecule has 128 valence electrons. The summed E-state index contributed by atoms with van der Waals surface area (Å²) in [5.74, 6) is 1.06. The van der Waals surface area contributed by atoms with E-state index in [0.717, 1.165) is 56.9 Å². The van der Waals surface area contributed by atoms with Crippen LogP contribution in [-0.4, -0.2) is 47.7 Å². The SMILES string of the molecule is CCc1ccc(C(O)CCN2CCN(c3ccccn3)CC2)cc1. The average molecular weight is 325 g/mol. The van der Waals surface area contributed by atoms with Crippen LogP contribution in [0.2, 0.25) is 0 Å². The normalized spacial score (nSPS) is 17.0. The van der Waals surface area contributed by atoms with Crippen LogP contribution in [0, 0.1) is 0 Å². The van der Waals surface area contributed by atoms with E-state index in [1.807, 2.05) is 18.3 Å². The Labute approximate surface area is 144 Å². The number of rotatable bonds is 6. The Bertz CT molecular complexity index is 607. The fourth-order valence-electron chi connectivity index (χ4n) is 3.19. The molecule has 0 aliphatic carbocycles. The molecule has 1 aromatic heterocycles. The van der Waals surface area contributed by atoms with Gasteiger partial charge in [0.15, 0.2) is 0 Å². The molecule has 1 unspecified atom stereocenters. The summed E-state index contributed by atoms with van der Waals surface area (Å²) < 4.78 is 0. The molecule has 1 fully saturated rings. The molecule has 0 radical (unpaired) electrons. The van der Waals surface area contributed by atoms with Gasteiger partial charge in [0.25, 0.3) is 0 Å². The highest BCUT2D eigenvalue weighted by Crippen LogP contribution is 2.19. The van der Waals surface area contributed by atoms with Gasteiger partial charge < -0.3 is 10.0 Å². The first-order valence-electron chi connectivity index (χ1n) is 8.91. The summed E-state index contributed by atoms with van der Waals surface area (Å²) in [6, 6.07) is 14.4. The van der Waals surface area contributed by atoms with E-state index in [1.54, 1.807) is 0 Å². The molecule has 24 heavy (non-hydrogen) atoms. The van der Waals surface area contributed by atoms with Crippen molar-refractivity contribution < 1.29 is 5.11 Å². The zero-order chi connectivity index (χ0) is 16.8. The van der Waals surface area contributed by atoms with Crippen LogP contribution >= 0.6 is 0 Å². The van der Waals surface area contributed by atoms with Crippen molar-refractivity contribution >= 4 is 5.82 Å². The smallest absolute Gasteiger partial charge is 0.128 e. The number of aryl methyl sites for hydroxylation is 1. The van der Waals surface area contributed by atoms with Crippen LogP contribution in [0.25, 0.3) is 0 Å². The van der Waals surface area contributed by atoms with Crippen molar-refractivity contribution in [3.8, 4) is 0 Å². The van der Waals surface area contributed by atoms with Crippen molar-refractivity contribution in [3.63, 3.8) is 0 Å². The van der Waals surface area contributed by atoms with Crippen LogP contribution in [0.15, 0.2) is 48.7 Å². The highest BCUT2D eigenvalue weighted by Gasteiger charge is 2.18. The van der Waals surface area contributed by atoms with E-state index in [2.05, 4.69) is 52.0 Å². The topological polar surface area (TPSA) is 39.6 Å². The molecular weight excluding hydrogens is 298 g/mol. The lowest BCUT2D eigenvalue weighted by molar-refractivity contribution is 0.139. The highest BCUT2D eigenvalue weighted by molar-refractivity contribution is 5.38. The Morgan fingerprint density at radius 1 is 1.04 bits per heavy atom. The number of aliphatic hydroxyl groups excluding tert-OH is 1. The third-order valence-electron chi connectivity index (χ3n) is 4.84. The third kappa shape index (κ3) is 4.34. The first-order chi connectivity index (χ1) is 11.8. The predicted octanol–water partition coefficient (Wildman–Crippen LogP) is 2.89. The minimum Gasteiger partial charge on any atom is -0.388 e. The monoisotopic (exact) mass is 325 g/mol. The first kappa shape index (κ1) is 16.9. The molecule has 0 bridgehead atoms. The van der Waals surface area contributed by atoms with Crippen LogP contribution in [0.1, 0.15) is 30.6 Å². The second-order valence-electron chi connectivity index (χ2n) is 6.42. The number of hydrogen-bond donors (Lipinski definition) is 1. The van der Waals surface area contributed by atoms with Crippen LogP contribution in [0.5, 0.6) is 0 Å². The van der Waals surface area contributed by atoms with Gasteiger partial charge in [-0.05, 0) is 36.1 Å². The number of pyridine rings is 1. The molecule has 4 heteroatoms. The molecule has 1 saturated heterocycles. The number of nitrogens with zero attached hydrogens (tertiary/aromatic N) is 3. The summed E-state index contributed by atoms with van der Waals surface area (Å²) in [6.07, 6.45) is 3.30. The van der Waals surface area contributed by atoms with Crippen LogP contribution in [-0.2, 0) is 6.42 Å². The number of aliphatic hydroxyl groups is 1. The van der Waals surface area contributed by atoms with Gasteiger partial charge in [-0.15, -0.1) is 0 Å². The predicted molar refractivity (Wildman–Crippen MR) is 98.3 cm³/mol. The van der Waals surface area contributed by atoms with Crippen LogP contribution < -0.4 is 4.90 Å². The van der Waals surface area contributed by atoms with Gasteiger partial charge in [-0.1, -0.05) is 37.3 Å². The van der Waals surface area contributed by atoms with E-state index in [4.69, 9.17) is 0 Å². The fraction of sp³-hybridized carbons (Fsp3) is 0.450. The zero-order valence-corrected chi connectivity index (χ0v) is 14.4. The van der Waals surface area contributed by atoms with Gasteiger partial charge in [0, 0.05) is 38.9 Å². The van der Waals surface area contributed by atoms with E-state index in [-0.39, 0.29) is 6.10 Å². The molecule has 1 aliphatic rings. The molecule has 3 rings (SSSR count). The standard InChI is InChI=1S/C20H27N3O/c1-2-17-6-8-18(9-7-17)19(24)10-12-22-13-15-23(16-14-22)20-5-3-4-11-21-20/h3-9,11,19,24H,2,10,12-16H2,1H3. The Morgan fingerprint density at radius 3 is 2.42 bits per heavy atom. The van der Waals surface area contributed by atoms with Gasteiger partial charge in [0.05, 0.1) is 6.10 Å². The molecule has 1 aromatic carbocycles. The second kappa shape index (κ2) is 8.27. The number of anilines is 1. The minimum atomic E-state index is -0.371. The quantitative estimate of drug-likeness (QED) is 0.886. The van der Waals surface area contributed by atoms with Crippen molar-refractivity contribution in [1.82, 2.24) is 9.88 Å². The van der Waals surface area contributed by atoms with Crippen molar-refractivity contribution in [3.05, 3.63) is 59.8 Å². The summed E-state index contributed by atoms with van der Waals surface area (Å²) in [5, 5.41) is 10.4. The Kier molecular flexibility index (Phi) is 5.83. The van der Waals surface area contributed by atoms with E-state index >= 15 is 0 Å². The summed E-state index contributed by atoms with van der Waals surface area (Å²) in [4.78, 5) is 9.19. The van der Waals surface area contributed by atoms with Gasteiger partial charge in [-0.3, -0.25) is 4.90 Å². The summed E-state index contributed by atoms with van der Waals surface area (Å²) in [6.45, 7) is 7.13. The largest absolute Gasteiger partial charge is 0.388 e. The minimum absolute atomic E-state index is 0.371. The molecule has 0 saturated carbocycles. The Morgan fingerprint density at radius 2 is 1.79 bits per heavy atom. The van der Waals surface area contributed by atoms with Crippen LogP contribution in [0.3, 0.4) is 0 Å². The average Bonchev–Trinajstić information content (AvgIpc) is 2.67. The van der Waals surface area contributed by atoms with E-state index < -0.39 is 0 Å². The van der Waals surface area contributed by atoms with Crippen molar-refractivity contribution in [2.75, 3.05) is 37.6 Å². The maximum atomic E-state index is 10.4. The molecule has 1 N–H and O–H groups in total. The van der Waals surface area contributed by atoms with Gasteiger partial charge in [-0.2, -0.15) is 0 Å². The number of hydrogen-bond acceptors (Lipinski definition) is 4. The van der Waals surface area contributed by atoms with Crippen LogP contribution in [0.4, 0.5) is 5.82 Å². The molecule has 4 nitrogen and oxygen atoms in total. The molecule has 0 amide bonds. The Balaban J connectivity index is 1.44. The number of benzene rings is 1. The van der Waals surface area contributed by atoms with Gasteiger partial charge in [-0.25, -0.2) is 4.98 Å². The lowest BCUT2D eigenvalue weighted by atomic mass is 10.0. The Hall–Kier alpha value is -1.91. The van der Waals surface area contributed by atoms with Crippen molar-refractivity contribution in [2.45, 2.75) is 25.9 Å². The zero-order valence-electron chi connectivity index (χ0n) is 14.4. The summed E-state index contributed by atoms with van der Waals surface area (Å²) in [5.41, 5.74) is 2.34. The molecule has 1 atom stereocenters. The van der Waals surface area contributed by atoms with Gasteiger partial charge in [0.2, 0.25) is 0 Å². The molecule has 0 spiro atoms. The van der Waals surface area contributed by atoms with E-state index in [0.29, 0.717) is 0 Å².